The predicted molar refractivity (Wildman–Crippen MR) is 210 cm³/mol. The van der Waals surface area contributed by atoms with Crippen molar-refractivity contribution >= 4 is 21.8 Å². The smallest absolute Gasteiger partial charge is 0.137 e. The second kappa shape index (κ2) is 13.0. The Kier molecular flexibility index (Phi) is 8.38. The van der Waals surface area contributed by atoms with Gasteiger partial charge in [-0.3, -0.25) is 4.57 Å². The highest BCUT2D eigenvalue weighted by Gasteiger charge is 2.33. The summed E-state index contributed by atoms with van der Waals surface area (Å²) < 4.78 is 11.1. The minimum Gasteiger partial charge on any atom is -0.457 e. The van der Waals surface area contributed by atoms with Crippen molar-refractivity contribution in [2.45, 2.75) is 72.6 Å². The average Bonchev–Trinajstić information content (AvgIpc) is 3.61. The Morgan fingerprint density at radius 3 is 2.29 bits per heavy atom. The Bertz CT molecular complexity index is 2430. The van der Waals surface area contributed by atoms with Gasteiger partial charge in [0.2, 0.25) is 0 Å². The van der Waals surface area contributed by atoms with E-state index in [1.165, 1.54) is 44.3 Å². The van der Waals surface area contributed by atoms with Gasteiger partial charge < -0.3 is 4.74 Å². The lowest BCUT2D eigenvalue weighted by Crippen LogP contribution is -2.20. The van der Waals surface area contributed by atoms with Crippen LogP contribution < -0.4 is 4.74 Å². The van der Waals surface area contributed by atoms with Crippen LogP contribution in [0.3, 0.4) is 0 Å². The van der Waals surface area contributed by atoms with Crippen molar-refractivity contribution < 1.29 is 4.74 Å². The number of ether oxygens (including phenoxy) is 1. The first-order chi connectivity index (χ1) is 24.7. The number of benzene rings is 4. The van der Waals surface area contributed by atoms with E-state index in [1.807, 2.05) is 12.3 Å². The summed E-state index contributed by atoms with van der Waals surface area (Å²) >= 11 is 0. The molecular formula is C46H46N4O. The largest absolute Gasteiger partial charge is 0.457 e. The van der Waals surface area contributed by atoms with E-state index >= 15 is 0 Å². The molecule has 5 heteroatoms. The van der Waals surface area contributed by atoms with Gasteiger partial charge in [0.05, 0.1) is 22.4 Å². The van der Waals surface area contributed by atoms with Crippen LogP contribution in [0.25, 0.3) is 33.3 Å². The number of para-hydroxylation sites is 1. The van der Waals surface area contributed by atoms with E-state index in [4.69, 9.17) is 14.8 Å². The molecule has 51 heavy (non-hydrogen) atoms. The van der Waals surface area contributed by atoms with E-state index in [1.54, 1.807) is 0 Å². The van der Waals surface area contributed by atoms with E-state index in [-0.39, 0.29) is 0 Å². The van der Waals surface area contributed by atoms with Gasteiger partial charge in [-0.2, -0.15) is 5.10 Å². The number of fused-ring (bicyclic) bond motifs is 3. The van der Waals surface area contributed by atoms with Crippen molar-refractivity contribution in [3.05, 3.63) is 155 Å². The zero-order chi connectivity index (χ0) is 35.4. The highest BCUT2D eigenvalue weighted by Crippen LogP contribution is 2.46. The molecular weight excluding hydrogens is 625 g/mol. The number of pyridine rings is 1. The van der Waals surface area contributed by atoms with Crippen molar-refractivity contribution in [1.82, 2.24) is 19.3 Å². The number of rotatable bonds is 7. The first-order valence-electron chi connectivity index (χ1n) is 18.2. The van der Waals surface area contributed by atoms with E-state index in [0.29, 0.717) is 23.7 Å². The number of hydrogen-bond acceptors (Lipinski definition) is 3. The zero-order valence-corrected chi connectivity index (χ0v) is 30.7. The summed E-state index contributed by atoms with van der Waals surface area (Å²) in [5.74, 6) is 4.08. The Morgan fingerprint density at radius 1 is 0.765 bits per heavy atom. The maximum absolute atomic E-state index is 6.75. The van der Waals surface area contributed by atoms with Gasteiger partial charge in [-0.05, 0) is 105 Å². The molecule has 4 aromatic carbocycles. The predicted octanol–water partition coefficient (Wildman–Crippen LogP) is 12.1. The lowest BCUT2D eigenvalue weighted by Gasteiger charge is -2.34. The summed E-state index contributed by atoms with van der Waals surface area (Å²) in [4.78, 5) is 4.76. The molecule has 1 unspecified atom stereocenters. The zero-order valence-electron chi connectivity index (χ0n) is 30.7. The van der Waals surface area contributed by atoms with Gasteiger partial charge >= 0.3 is 0 Å². The fourth-order valence-electron chi connectivity index (χ4n) is 8.44. The second-order valence-corrected chi connectivity index (χ2v) is 14.9. The molecule has 8 rings (SSSR count). The van der Waals surface area contributed by atoms with Crippen LogP contribution in [-0.2, 0) is 0 Å². The summed E-state index contributed by atoms with van der Waals surface area (Å²) in [6.45, 7) is 15.7. The Labute approximate surface area is 301 Å². The van der Waals surface area contributed by atoms with Crippen LogP contribution in [0.2, 0.25) is 0 Å². The van der Waals surface area contributed by atoms with Crippen LogP contribution >= 0.6 is 0 Å². The molecule has 3 aromatic heterocycles. The van der Waals surface area contributed by atoms with Crippen LogP contribution in [0.1, 0.15) is 85.5 Å². The monoisotopic (exact) mass is 670 g/mol. The SMILES string of the molecule is CC1=C[C@H](c2ccccc2)C[C@H](C)C1c1c(C)nn(-c2cc(Oc3ccc4c5ccccc5n(-c5cc(C)ccn5)c4c3)cc(C(C)C)c2)c1C. The third-order valence-electron chi connectivity index (χ3n) is 10.9. The van der Waals surface area contributed by atoms with Crippen molar-refractivity contribution in [3.8, 4) is 23.0 Å². The van der Waals surface area contributed by atoms with E-state index < -0.39 is 0 Å². The molecule has 5 nitrogen and oxygen atoms in total. The molecule has 0 radical (unpaired) electrons. The molecule has 0 N–H and O–H groups in total. The van der Waals surface area contributed by atoms with Gasteiger partial charge in [0.1, 0.15) is 17.3 Å². The molecule has 3 heterocycles. The van der Waals surface area contributed by atoms with Gasteiger partial charge in [-0.15, -0.1) is 0 Å². The van der Waals surface area contributed by atoms with Crippen molar-refractivity contribution in [1.29, 1.82) is 0 Å². The van der Waals surface area contributed by atoms with Crippen LogP contribution in [0.15, 0.2) is 121 Å². The Balaban J connectivity index is 1.17. The fraction of sp³-hybridized carbons (Fsp3) is 0.261. The van der Waals surface area contributed by atoms with Gasteiger partial charge in [0.25, 0.3) is 0 Å². The molecule has 1 aliphatic rings. The van der Waals surface area contributed by atoms with Crippen LogP contribution in [0.5, 0.6) is 11.5 Å². The third kappa shape index (κ3) is 5.95. The van der Waals surface area contributed by atoms with Crippen molar-refractivity contribution in [2.24, 2.45) is 5.92 Å². The standard InChI is InChI=1S/C46H46N4O/c1-28(2)35-24-37(50-33(7)46(32(6)48-50)45-30(4)22-36(23-31(45)5)34-13-9-8-10-14-34)26-39(25-35)51-38-17-18-41-40-15-11-12-16-42(40)49(43(41)27-38)44-21-29(3)19-20-47-44/h8-22,24-28,31,36,45H,23H2,1-7H3/t31-,36-,45?/m0/s1. The van der Waals surface area contributed by atoms with Gasteiger partial charge in [0, 0.05) is 52.2 Å². The maximum Gasteiger partial charge on any atom is 0.137 e. The highest BCUT2D eigenvalue weighted by molar-refractivity contribution is 6.09. The van der Waals surface area contributed by atoms with Crippen molar-refractivity contribution in [3.63, 3.8) is 0 Å². The van der Waals surface area contributed by atoms with Crippen LogP contribution in [0.4, 0.5) is 0 Å². The summed E-state index contributed by atoms with van der Waals surface area (Å²) in [5.41, 5.74) is 12.1. The minimum absolute atomic E-state index is 0.319. The quantitative estimate of drug-likeness (QED) is 0.159. The van der Waals surface area contributed by atoms with Gasteiger partial charge in [-0.25, -0.2) is 9.67 Å². The number of hydrogen-bond donors (Lipinski definition) is 0. The van der Waals surface area contributed by atoms with Crippen LogP contribution in [0, 0.1) is 26.7 Å². The van der Waals surface area contributed by atoms with Crippen molar-refractivity contribution in [2.75, 3.05) is 0 Å². The molecule has 1 aliphatic carbocycles. The molecule has 7 aromatic rings. The van der Waals surface area contributed by atoms with Gasteiger partial charge in [-0.1, -0.05) is 81.0 Å². The highest BCUT2D eigenvalue weighted by atomic mass is 16.5. The molecule has 0 amide bonds. The first-order valence-corrected chi connectivity index (χ1v) is 18.2. The lowest BCUT2D eigenvalue weighted by molar-refractivity contribution is 0.420. The van der Waals surface area contributed by atoms with Crippen LogP contribution in [-0.4, -0.2) is 19.3 Å². The fourth-order valence-corrected chi connectivity index (χ4v) is 8.44. The average molecular weight is 671 g/mol. The lowest BCUT2D eigenvalue weighted by atomic mass is 9.70. The second-order valence-electron chi connectivity index (χ2n) is 14.9. The summed E-state index contributed by atoms with van der Waals surface area (Å²) in [5, 5.41) is 7.56. The van der Waals surface area contributed by atoms with E-state index in [9.17, 15) is 0 Å². The number of aryl methyl sites for hydroxylation is 2. The van der Waals surface area contributed by atoms with E-state index in [2.05, 4.69) is 161 Å². The maximum atomic E-state index is 6.75. The Hall–Kier alpha value is -5.42. The molecule has 0 bridgehead atoms. The first kappa shape index (κ1) is 32.8. The molecule has 256 valence electrons. The summed E-state index contributed by atoms with van der Waals surface area (Å²) in [6.07, 6.45) is 5.50. The molecule has 0 saturated carbocycles. The summed E-state index contributed by atoms with van der Waals surface area (Å²) in [7, 11) is 0. The third-order valence-corrected chi connectivity index (χ3v) is 10.9. The molecule has 3 atom stereocenters. The molecule has 0 aliphatic heterocycles. The summed E-state index contributed by atoms with van der Waals surface area (Å²) in [6, 6.07) is 36.6. The molecule has 0 spiro atoms. The Morgan fingerprint density at radius 2 is 1.53 bits per heavy atom. The normalized spacial score (nSPS) is 17.7. The topological polar surface area (TPSA) is 44.9 Å². The minimum atomic E-state index is 0.319. The number of aromatic nitrogens is 4. The van der Waals surface area contributed by atoms with Gasteiger partial charge in [0.15, 0.2) is 0 Å². The number of allylic oxidation sites excluding steroid dienone is 2. The molecule has 0 saturated heterocycles. The molecule has 0 fully saturated rings. The van der Waals surface area contributed by atoms with E-state index in [0.717, 1.165) is 46.2 Å². The number of nitrogens with zero attached hydrogens (tertiary/aromatic N) is 4.